The fourth-order valence-electron chi connectivity index (χ4n) is 2.43. The van der Waals surface area contributed by atoms with E-state index in [1.165, 1.54) is 0 Å². The summed E-state index contributed by atoms with van der Waals surface area (Å²) in [6, 6.07) is 6.01. The third kappa shape index (κ3) is 1.03. The molecule has 88 valence electrons. The summed E-state index contributed by atoms with van der Waals surface area (Å²) in [5.74, 6) is 0.587. The lowest BCUT2D eigenvalue weighted by Gasteiger charge is -1.93. The lowest BCUT2D eigenvalue weighted by molar-refractivity contribution is -0.647. The Labute approximate surface area is 102 Å². The number of rotatable bonds is 0. The molecule has 0 amide bonds. The Morgan fingerprint density at radius 3 is 3.11 bits per heavy atom. The maximum Gasteiger partial charge on any atom is 0.404 e. The van der Waals surface area contributed by atoms with Gasteiger partial charge >= 0.3 is 11.5 Å². The van der Waals surface area contributed by atoms with E-state index in [1.807, 2.05) is 34.3 Å². The van der Waals surface area contributed by atoms with Crippen LogP contribution in [0, 0.1) is 6.92 Å². The molecule has 5 nitrogen and oxygen atoms in total. The number of hydrogen-bond donors (Lipinski definition) is 0. The van der Waals surface area contributed by atoms with Crippen LogP contribution in [0.5, 0.6) is 0 Å². The molecule has 0 aliphatic rings. The third-order valence-corrected chi connectivity index (χ3v) is 3.25. The van der Waals surface area contributed by atoms with E-state index < -0.39 is 0 Å². The zero-order chi connectivity index (χ0) is 12.3. The monoisotopic (exact) mass is 239 g/mol. The highest BCUT2D eigenvalue weighted by molar-refractivity contribution is 5.85. The Kier molecular flexibility index (Phi) is 1.63. The number of oxazole rings is 1. The molecule has 0 radical (unpaired) electrons. The molecule has 4 rings (SSSR count). The van der Waals surface area contributed by atoms with Crippen molar-refractivity contribution in [2.75, 3.05) is 0 Å². The number of imidazole rings is 1. The van der Waals surface area contributed by atoms with E-state index >= 15 is 0 Å². The van der Waals surface area contributed by atoms with Crippen molar-refractivity contribution in [2.45, 2.75) is 6.92 Å². The van der Waals surface area contributed by atoms with Gasteiger partial charge in [-0.15, -0.1) is 9.38 Å². The molecule has 3 aromatic heterocycles. The van der Waals surface area contributed by atoms with E-state index in [4.69, 9.17) is 4.42 Å². The van der Waals surface area contributed by atoms with Gasteiger partial charge in [0.05, 0.1) is 13.2 Å². The van der Waals surface area contributed by atoms with Crippen LogP contribution in [-0.4, -0.2) is 14.4 Å². The van der Waals surface area contributed by atoms with Crippen LogP contribution < -0.4 is 4.57 Å². The third-order valence-electron chi connectivity index (χ3n) is 3.25. The van der Waals surface area contributed by atoms with Gasteiger partial charge < -0.3 is 4.42 Å². The fourth-order valence-corrected chi connectivity index (χ4v) is 2.43. The number of benzene rings is 1. The van der Waals surface area contributed by atoms with Crippen LogP contribution in [-0.2, 0) is 7.05 Å². The van der Waals surface area contributed by atoms with Crippen molar-refractivity contribution in [1.82, 2.24) is 14.4 Å². The summed E-state index contributed by atoms with van der Waals surface area (Å²) in [5, 5.41) is 0. The normalized spacial score (nSPS) is 11.9. The Balaban J connectivity index is 2.40. The minimum Gasteiger partial charge on any atom is -0.403 e. The molecule has 0 fully saturated rings. The molecule has 0 spiro atoms. The Morgan fingerprint density at radius 1 is 1.33 bits per heavy atom. The molecule has 1 aromatic carbocycles. The predicted molar refractivity (Wildman–Crippen MR) is 66.2 cm³/mol. The van der Waals surface area contributed by atoms with Crippen molar-refractivity contribution >= 4 is 28.2 Å². The number of aromatic nitrogens is 4. The van der Waals surface area contributed by atoms with Crippen molar-refractivity contribution in [2.24, 2.45) is 7.05 Å². The molecular formula is C13H11N4O+. The first-order valence-corrected chi connectivity index (χ1v) is 5.76. The first kappa shape index (κ1) is 9.58. The minimum absolute atomic E-state index is 0.587. The molecule has 0 saturated carbocycles. The summed E-state index contributed by atoms with van der Waals surface area (Å²) < 4.78 is 9.80. The minimum atomic E-state index is 0.587. The molecule has 4 aromatic rings. The van der Waals surface area contributed by atoms with Crippen molar-refractivity contribution in [1.29, 1.82) is 0 Å². The van der Waals surface area contributed by atoms with Crippen molar-refractivity contribution in [3.8, 4) is 0 Å². The van der Waals surface area contributed by atoms with Crippen molar-refractivity contribution in [3.63, 3.8) is 0 Å². The van der Waals surface area contributed by atoms with Gasteiger partial charge in [0.1, 0.15) is 6.20 Å². The van der Waals surface area contributed by atoms with Gasteiger partial charge in [0.2, 0.25) is 0 Å². The lowest BCUT2D eigenvalue weighted by Crippen LogP contribution is -2.29. The van der Waals surface area contributed by atoms with E-state index in [-0.39, 0.29) is 0 Å². The molecule has 0 unspecified atom stereocenters. The largest absolute Gasteiger partial charge is 0.404 e. The molecule has 0 atom stereocenters. The van der Waals surface area contributed by atoms with Gasteiger partial charge in [-0.1, -0.05) is 12.1 Å². The van der Waals surface area contributed by atoms with Gasteiger partial charge in [0.15, 0.2) is 11.1 Å². The van der Waals surface area contributed by atoms with Gasteiger partial charge in [-0.2, -0.15) is 0 Å². The summed E-state index contributed by atoms with van der Waals surface area (Å²) >= 11 is 0. The SMILES string of the molecule is Cc1cccc2oc3nc4ncc[n+](C)c4n3c12. The van der Waals surface area contributed by atoms with Gasteiger partial charge in [-0.3, -0.25) is 0 Å². The molecule has 0 aliphatic carbocycles. The Morgan fingerprint density at radius 2 is 2.22 bits per heavy atom. The molecule has 18 heavy (non-hydrogen) atoms. The molecular weight excluding hydrogens is 228 g/mol. The van der Waals surface area contributed by atoms with E-state index in [2.05, 4.69) is 23.0 Å². The van der Waals surface area contributed by atoms with Crippen LogP contribution in [0.25, 0.3) is 28.2 Å². The first-order chi connectivity index (χ1) is 8.75. The van der Waals surface area contributed by atoms with Crippen molar-refractivity contribution < 1.29 is 8.98 Å². The average Bonchev–Trinajstić information content (AvgIpc) is 2.84. The number of hydrogen-bond acceptors (Lipinski definition) is 3. The molecule has 0 saturated heterocycles. The number of fused-ring (bicyclic) bond motifs is 5. The number of aryl methyl sites for hydroxylation is 2. The summed E-state index contributed by atoms with van der Waals surface area (Å²) in [6.45, 7) is 2.07. The Hall–Kier alpha value is -2.43. The van der Waals surface area contributed by atoms with Crippen LogP contribution in [0.3, 0.4) is 0 Å². The van der Waals surface area contributed by atoms with Crippen LogP contribution in [0.15, 0.2) is 35.0 Å². The maximum absolute atomic E-state index is 5.77. The van der Waals surface area contributed by atoms with E-state index in [9.17, 15) is 0 Å². The van der Waals surface area contributed by atoms with Gasteiger partial charge in [-0.05, 0) is 13.0 Å². The highest BCUT2D eigenvalue weighted by Crippen LogP contribution is 2.25. The average molecular weight is 239 g/mol. The highest BCUT2D eigenvalue weighted by atomic mass is 16.4. The zero-order valence-corrected chi connectivity index (χ0v) is 10.1. The summed E-state index contributed by atoms with van der Waals surface area (Å²) in [7, 11) is 1.98. The second-order valence-corrected chi connectivity index (χ2v) is 4.44. The second-order valence-electron chi connectivity index (χ2n) is 4.44. The summed E-state index contributed by atoms with van der Waals surface area (Å²) in [5.41, 5.74) is 4.71. The fraction of sp³-hybridized carbons (Fsp3) is 0.154. The van der Waals surface area contributed by atoms with Crippen LogP contribution >= 0.6 is 0 Å². The van der Waals surface area contributed by atoms with E-state index in [0.717, 1.165) is 22.3 Å². The first-order valence-electron chi connectivity index (χ1n) is 5.76. The van der Waals surface area contributed by atoms with Gasteiger partial charge in [0, 0.05) is 5.56 Å². The topological polar surface area (TPSA) is 47.2 Å². The zero-order valence-electron chi connectivity index (χ0n) is 10.1. The maximum atomic E-state index is 5.77. The van der Waals surface area contributed by atoms with Crippen LogP contribution in [0.1, 0.15) is 5.56 Å². The van der Waals surface area contributed by atoms with Crippen LogP contribution in [0.2, 0.25) is 0 Å². The van der Waals surface area contributed by atoms with E-state index in [1.54, 1.807) is 6.20 Å². The van der Waals surface area contributed by atoms with E-state index in [0.29, 0.717) is 11.5 Å². The standard InChI is InChI=1S/C13H11N4O/c1-8-4-3-5-9-10(8)17-12-11(15-13(17)18-9)14-6-7-16(12)2/h3-7H,1-2H3/q+1. The molecule has 0 bridgehead atoms. The number of para-hydroxylation sites is 1. The second kappa shape index (κ2) is 3.07. The summed E-state index contributed by atoms with van der Waals surface area (Å²) in [6.07, 6.45) is 3.65. The van der Waals surface area contributed by atoms with Gasteiger partial charge in [-0.25, -0.2) is 9.55 Å². The Bertz CT molecular complexity index is 832. The molecule has 0 aliphatic heterocycles. The van der Waals surface area contributed by atoms with Crippen LogP contribution in [0.4, 0.5) is 0 Å². The summed E-state index contributed by atoms with van der Waals surface area (Å²) in [4.78, 5) is 8.69. The molecule has 5 heteroatoms. The predicted octanol–water partition coefficient (Wildman–Crippen LogP) is 1.76. The number of nitrogens with zero attached hydrogens (tertiary/aromatic N) is 4. The molecule has 0 N–H and O–H groups in total. The lowest BCUT2D eigenvalue weighted by atomic mass is 10.2. The van der Waals surface area contributed by atoms with Gasteiger partial charge in [0.25, 0.3) is 5.65 Å². The van der Waals surface area contributed by atoms with Crippen molar-refractivity contribution in [3.05, 3.63) is 36.2 Å². The smallest absolute Gasteiger partial charge is 0.403 e. The quantitative estimate of drug-likeness (QED) is 0.439. The molecule has 3 heterocycles. The highest BCUT2D eigenvalue weighted by Gasteiger charge is 2.23.